The minimum Gasteiger partial charge on any atom is -0.461 e. The molecule has 3 aliphatic rings. The Morgan fingerprint density at radius 2 is 1.50 bits per heavy atom. The van der Waals surface area contributed by atoms with Crippen LogP contribution in [-0.4, -0.2) is 84.3 Å². The van der Waals surface area contributed by atoms with E-state index in [2.05, 4.69) is 0 Å². The number of carbonyl (C=O) groups excluding carboxylic acids is 5. The first-order valence-corrected chi connectivity index (χ1v) is 16.4. The molecule has 0 spiro atoms. The number of benzene rings is 1. The van der Waals surface area contributed by atoms with E-state index >= 15 is 0 Å². The summed E-state index contributed by atoms with van der Waals surface area (Å²) in [5, 5.41) is 11.9. The molecule has 8 unspecified atom stereocenters. The summed E-state index contributed by atoms with van der Waals surface area (Å²) < 4.78 is 23.4. The standard InChI is InChI=1S/C37H49NO10/c1-20-29(45-21(2)39)16-26-28(42)15-25-19-37(7,35(44)34(47-23(4)41)33(20)36(26,5)6)31(46-22(3)40)18-30(25)48-32(43)17-27(38(8)9)24-13-11-10-12-14-24/h10-15,26-31,34,42H,16-19H2,1-9H3. The smallest absolute Gasteiger partial charge is 0.308 e. The fraction of sp³-hybridized carbons (Fsp3) is 0.595. The van der Waals surface area contributed by atoms with Crippen LogP contribution in [-0.2, 0) is 42.9 Å². The predicted molar refractivity (Wildman–Crippen MR) is 175 cm³/mol. The number of fused-ring (bicyclic) bond motifs is 4. The molecule has 1 fully saturated rings. The molecular weight excluding hydrogens is 618 g/mol. The highest BCUT2D eigenvalue weighted by Gasteiger charge is 2.58. The van der Waals surface area contributed by atoms with E-state index in [4.69, 9.17) is 18.9 Å². The maximum Gasteiger partial charge on any atom is 0.308 e. The molecule has 11 heteroatoms. The van der Waals surface area contributed by atoms with E-state index in [1.54, 1.807) is 19.9 Å². The highest BCUT2D eigenvalue weighted by molar-refractivity contribution is 5.94. The van der Waals surface area contributed by atoms with Crippen molar-refractivity contribution in [2.75, 3.05) is 14.1 Å². The maximum atomic E-state index is 14.9. The third-order valence-electron chi connectivity index (χ3n) is 10.3. The summed E-state index contributed by atoms with van der Waals surface area (Å²) in [5.41, 5.74) is 0.0609. The first-order valence-electron chi connectivity index (χ1n) is 16.4. The summed E-state index contributed by atoms with van der Waals surface area (Å²) in [6.07, 6.45) is -3.48. The maximum absolute atomic E-state index is 14.9. The zero-order chi connectivity index (χ0) is 35.7. The molecule has 48 heavy (non-hydrogen) atoms. The lowest BCUT2D eigenvalue weighted by Gasteiger charge is -2.51. The summed E-state index contributed by atoms with van der Waals surface area (Å²) in [5.74, 6) is -3.46. The summed E-state index contributed by atoms with van der Waals surface area (Å²) in [4.78, 5) is 67.6. The molecule has 1 saturated carbocycles. The van der Waals surface area contributed by atoms with E-state index in [1.807, 2.05) is 63.2 Å². The minimum absolute atomic E-state index is 0.0272. The first-order chi connectivity index (χ1) is 22.4. The fourth-order valence-electron chi connectivity index (χ4n) is 7.89. The molecule has 0 saturated heterocycles. The highest BCUT2D eigenvalue weighted by Crippen LogP contribution is 2.53. The third kappa shape index (κ3) is 7.57. The fourth-order valence-corrected chi connectivity index (χ4v) is 7.89. The zero-order valence-electron chi connectivity index (χ0n) is 29.4. The molecule has 0 amide bonds. The summed E-state index contributed by atoms with van der Waals surface area (Å²) in [6, 6.07) is 9.29. The average molecular weight is 668 g/mol. The normalized spacial score (nSPS) is 30.5. The number of nitrogens with zero attached hydrogens (tertiary/aromatic N) is 1. The van der Waals surface area contributed by atoms with Crippen LogP contribution in [0, 0.1) is 16.7 Å². The Morgan fingerprint density at radius 3 is 2.06 bits per heavy atom. The van der Waals surface area contributed by atoms with Crippen molar-refractivity contribution in [2.45, 2.75) is 111 Å². The van der Waals surface area contributed by atoms with Crippen LogP contribution in [0.1, 0.15) is 85.8 Å². The molecule has 262 valence electrons. The van der Waals surface area contributed by atoms with E-state index in [1.165, 1.54) is 20.8 Å². The lowest BCUT2D eigenvalue weighted by molar-refractivity contribution is -0.173. The van der Waals surface area contributed by atoms with Gasteiger partial charge in [0.2, 0.25) is 0 Å². The van der Waals surface area contributed by atoms with Gasteiger partial charge in [0.05, 0.1) is 17.9 Å². The number of rotatable bonds is 8. The molecule has 4 bridgehead atoms. The molecule has 0 radical (unpaired) electrons. The quantitative estimate of drug-likeness (QED) is 0.239. The van der Waals surface area contributed by atoms with Gasteiger partial charge in [0.15, 0.2) is 11.9 Å². The van der Waals surface area contributed by atoms with Crippen LogP contribution in [0.5, 0.6) is 0 Å². The van der Waals surface area contributed by atoms with E-state index < -0.39 is 76.9 Å². The lowest BCUT2D eigenvalue weighted by Crippen LogP contribution is -2.57. The minimum atomic E-state index is -1.44. The summed E-state index contributed by atoms with van der Waals surface area (Å²) in [7, 11) is 3.75. The van der Waals surface area contributed by atoms with Gasteiger partial charge in [-0.05, 0) is 68.5 Å². The number of esters is 4. The molecule has 1 aromatic carbocycles. The first kappa shape index (κ1) is 37.0. The number of Topliss-reactive ketones (excluding diaryl/α,β-unsaturated/α-hetero) is 1. The Balaban J connectivity index is 1.84. The monoisotopic (exact) mass is 667 g/mol. The number of ether oxygens (including phenoxy) is 4. The molecule has 0 aliphatic heterocycles. The number of hydrogen-bond donors (Lipinski definition) is 1. The molecule has 4 rings (SSSR count). The van der Waals surface area contributed by atoms with Gasteiger partial charge in [-0.3, -0.25) is 24.0 Å². The van der Waals surface area contributed by atoms with Crippen molar-refractivity contribution >= 4 is 29.7 Å². The molecule has 0 heterocycles. The Labute approximate surface area is 282 Å². The van der Waals surface area contributed by atoms with Gasteiger partial charge >= 0.3 is 23.9 Å². The largest absolute Gasteiger partial charge is 0.461 e. The molecule has 0 aromatic heterocycles. The SMILES string of the molecule is CC(=O)OC1CC2C(O)C=C3CC(C)(C(=O)C(OC(C)=O)C(=C1C)C2(C)C)C(OC(C)=O)CC3OC(=O)CC(c1ccccc1)N(C)C. The van der Waals surface area contributed by atoms with Gasteiger partial charge in [-0.15, -0.1) is 0 Å². The Hall–Kier alpha value is -3.83. The van der Waals surface area contributed by atoms with Gasteiger partial charge in [-0.25, -0.2) is 0 Å². The van der Waals surface area contributed by atoms with E-state index in [0.717, 1.165) is 5.56 Å². The van der Waals surface area contributed by atoms with Crippen LogP contribution in [0.15, 0.2) is 53.1 Å². The predicted octanol–water partition coefficient (Wildman–Crippen LogP) is 4.42. The number of carbonyl (C=O) groups is 5. The van der Waals surface area contributed by atoms with Crippen LogP contribution in [0.3, 0.4) is 0 Å². The van der Waals surface area contributed by atoms with Gasteiger partial charge in [0.1, 0.15) is 18.3 Å². The second-order valence-corrected chi connectivity index (χ2v) is 14.3. The van der Waals surface area contributed by atoms with Gasteiger partial charge < -0.3 is 29.0 Å². The van der Waals surface area contributed by atoms with Crippen molar-refractivity contribution in [1.29, 1.82) is 0 Å². The van der Waals surface area contributed by atoms with Crippen molar-refractivity contribution in [1.82, 2.24) is 4.90 Å². The third-order valence-corrected chi connectivity index (χ3v) is 10.3. The van der Waals surface area contributed by atoms with Crippen LogP contribution in [0.4, 0.5) is 0 Å². The van der Waals surface area contributed by atoms with Crippen molar-refractivity contribution in [3.05, 3.63) is 58.7 Å². The van der Waals surface area contributed by atoms with Crippen molar-refractivity contribution in [2.24, 2.45) is 16.7 Å². The van der Waals surface area contributed by atoms with Crippen LogP contribution in [0.25, 0.3) is 0 Å². The number of aliphatic hydroxyl groups is 1. The Kier molecular flexibility index (Phi) is 11.1. The zero-order valence-corrected chi connectivity index (χ0v) is 29.4. The van der Waals surface area contributed by atoms with Crippen molar-refractivity contribution in [3.8, 4) is 0 Å². The van der Waals surface area contributed by atoms with Crippen molar-refractivity contribution in [3.63, 3.8) is 0 Å². The van der Waals surface area contributed by atoms with Gasteiger partial charge in [0, 0.05) is 39.2 Å². The van der Waals surface area contributed by atoms with E-state index in [0.29, 0.717) is 16.7 Å². The van der Waals surface area contributed by atoms with E-state index in [-0.39, 0.29) is 31.7 Å². The van der Waals surface area contributed by atoms with E-state index in [9.17, 15) is 29.1 Å². The van der Waals surface area contributed by atoms with Crippen LogP contribution < -0.4 is 0 Å². The number of hydrogen-bond acceptors (Lipinski definition) is 11. The Morgan fingerprint density at radius 1 is 0.896 bits per heavy atom. The van der Waals surface area contributed by atoms with Crippen LogP contribution in [0.2, 0.25) is 0 Å². The molecule has 1 aromatic rings. The van der Waals surface area contributed by atoms with Crippen molar-refractivity contribution < 1.29 is 48.0 Å². The number of ketones is 1. The summed E-state index contributed by atoms with van der Waals surface area (Å²) >= 11 is 0. The molecule has 3 aliphatic carbocycles. The second-order valence-electron chi connectivity index (χ2n) is 14.3. The average Bonchev–Trinajstić information content (AvgIpc) is 2.97. The van der Waals surface area contributed by atoms with Gasteiger partial charge in [-0.1, -0.05) is 50.3 Å². The molecule has 11 nitrogen and oxygen atoms in total. The molecule has 8 atom stereocenters. The number of aliphatic hydroxyl groups excluding tert-OH is 1. The molecule has 1 N–H and O–H groups in total. The van der Waals surface area contributed by atoms with Gasteiger partial charge in [-0.2, -0.15) is 0 Å². The lowest BCUT2D eigenvalue weighted by atomic mass is 9.57. The van der Waals surface area contributed by atoms with Crippen LogP contribution >= 0.6 is 0 Å². The molecular formula is C37H49NO10. The summed E-state index contributed by atoms with van der Waals surface area (Å²) in [6.45, 7) is 10.8. The van der Waals surface area contributed by atoms with Gasteiger partial charge in [0.25, 0.3) is 0 Å². The second kappa shape index (κ2) is 14.3. The topological polar surface area (TPSA) is 146 Å². The Bertz CT molecular complexity index is 1490. The highest BCUT2D eigenvalue weighted by atomic mass is 16.6.